The summed E-state index contributed by atoms with van der Waals surface area (Å²) in [6.45, 7) is 3.24. The SMILES string of the molecule is CC(C)OC(=O)c1cccc(NC(=O)c2cc(C(F)(F)F)cc(C(F)(F)F)c2)c1. The number of esters is 1. The van der Waals surface area contributed by atoms with Gasteiger partial charge in [-0.2, -0.15) is 26.3 Å². The average Bonchev–Trinajstić information content (AvgIpc) is 2.59. The molecular weight excluding hydrogens is 404 g/mol. The number of nitrogens with one attached hydrogen (secondary N) is 1. The van der Waals surface area contributed by atoms with E-state index < -0.39 is 47.0 Å². The Morgan fingerprint density at radius 2 is 1.41 bits per heavy atom. The zero-order chi connectivity index (χ0) is 22.0. The maximum Gasteiger partial charge on any atom is 0.416 e. The molecule has 0 aliphatic rings. The highest BCUT2D eigenvalue weighted by Gasteiger charge is 2.37. The molecule has 0 radical (unpaired) electrons. The zero-order valence-electron chi connectivity index (χ0n) is 15.1. The van der Waals surface area contributed by atoms with Crippen molar-refractivity contribution in [2.75, 3.05) is 5.32 Å². The van der Waals surface area contributed by atoms with Gasteiger partial charge in [0.2, 0.25) is 0 Å². The minimum atomic E-state index is -5.07. The van der Waals surface area contributed by atoms with Crippen molar-refractivity contribution in [2.45, 2.75) is 32.3 Å². The molecule has 0 heterocycles. The van der Waals surface area contributed by atoms with E-state index in [0.29, 0.717) is 12.1 Å². The van der Waals surface area contributed by atoms with E-state index in [1.807, 2.05) is 0 Å². The van der Waals surface area contributed by atoms with E-state index in [-0.39, 0.29) is 17.3 Å². The number of carbonyl (C=O) groups is 2. The van der Waals surface area contributed by atoms with Gasteiger partial charge >= 0.3 is 18.3 Å². The zero-order valence-corrected chi connectivity index (χ0v) is 15.1. The molecule has 29 heavy (non-hydrogen) atoms. The van der Waals surface area contributed by atoms with Crippen LogP contribution in [-0.2, 0) is 17.1 Å². The summed E-state index contributed by atoms with van der Waals surface area (Å²) in [5, 5.41) is 2.18. The van der Waals surface area contributed by atoms with Crippen LogP contribution in [0.25, 0.3) is 0 Å². The van der Waals surface area contributed by atoms with Crippen molar-refractivity contribution in [3.63, 3.8) is 0 Å². The molecule has 0 aliphatic heterocycles. The van der Waals surface area contributed by atoms with Gasteiger partial charge in [0.1, 0.15) is 0 Å². The molecule has 2 aromatic carbocycles. The van der Waals surface area contributed by atoms with Gasteiger partial charge in [0.05, 0.1) is 22.8 Å². The lowest BCUT2D eigenvalue weighted by Gasteiger charge is -2.14. The number of ether oxygens (including phenoxy) is 1. The Bertz CT molecular complexity index is 887. The van der Waals surface area contributed by atoms with Gasteiger partial charge in [-0.25, -0.2) is 4.79 Å². The van der Waals surface area contributed by atoms with E-state index in [0.717, 1.165) is 0 Å². The highest BCUT2D eigenvalue weighted by atomic mass is 19.4. The van der Waals surface area contributed by atoms with Crippen molar-refractivity contribution in [2.24, 2.45) is 0 Å². The minimum absolute atomic E-state index is 0.000762. The molecule has 0 spiro atoms. The van der Waals surface area contributed by atoms with E-state index in [2.05, 4.69) is 5.32 Å². The number of benzene rings is 2. The predicted octanol–water partition coefficient (Wildman–Crippen LogP) is 5.54. The molecule has 2 rings (SSSR count). The summed E-state index contributed by atoms with van der Waals surface area (Å²) in [5.41, 5.74) is -3.99. The lowest BCUT2D eigenvalue weighted by atomic mass is 10.0. The van der Waals surface area contributed by atoms with E-state index >= 15 is 0 Å². The van der Waals surface area contributed by atoms with E-state index in [1.54, 1.807) is 13.8 Å². The molecule has 0 atom stereocenters. The smallest absolute Gasteiger partial charge is 0.416 e. The van der Waals surface area contributed by atoms with Gasteiger partial charge in [0, 0.05) is 11.3 Å². The lowest BCUT2D eigenvalue weighted by Crippen LogP contribution is -2.17. The average molecular weight is 419 g/mol. The van der Waals surface area contributed by atoms with Crippen molar-refractivity contribution in [1.82, 2.24) is 0 Å². The van der Waals surface area contributed by atoms with Gasteiger partial charge < -0.3 is 10.1 Å². The molecular formula is C19H15F6NO3. The van der Waals surface area contributed by atoms with Gasteiger partial charge in [0.15, 0.2) is 0 Å². The van der Waals surface area contributed by atoms with E-state index in [1.165, 1.54) is 24.3 Å². The summed E-state index contributed by atoms with van der Waals surface area (Å²) in [4.78, 5) is 24.2. The maximum absolute atomic E-state index is 12.9. The number of carbonyl (C=O) groups excluding carboxylic acids is 2. The molecule has 0 saturated heterocycles. The molecule has 0 fully saturated rings. The summed E-state index contributed by atoms with van der Waals surface area (Å²) in [7, 11) is 0. The fraction of sp³-hybridized carbons (Fsp3) is 0.263. The topological polar surface area (TPSA) is 55.4 Å². The van der Waals surface area contributed by atoms with Gasteiger partial charge in [-0.15, -0.1) is 0 Å². The van der Waals surface area contributed by atoms with Gasteiger partial charge in [-0.05, 0) is 50.2 Å². The highest BCUT2D eigenvalue weighted by molar-refractivity contribution is 6.05. The first kappa shape index (κ1) is 22.3. The molecule has 4 nitrogen and oxygen atoms in total. The molecule has 0 bridgehead atoms. The van der Waals surface area contributed by atoms with Crippen LogP contribution in [0.5, 0.6) is 0 Å². The third-order valence-electron chi connectivity index (χ3n) is 3.55. The minimum Gasteiger partial charge on any atom is -0.459 e. The molecule has 2 aromatic rings. The number of amides is 1. The number of halogens is 6. The normalized spacial score (nSPS) is 12.0. The molecule has 0 saturated carbocycles. The first-order valence-electron chi connectivity index (χ1n) is 8.19. The fourth-order valence-corrected chi connectivity index (χ4v) is 2.30. The van der Waals surface area contributed by atoms with Crippen LogP contribution in [0.4, 0.5) is 32.0 Å². The van der Waals surface area contributed by atoms with E-state index in [4.69, 9.17) is 4.74 Å². The van der Waals surface area contributed by atoms with Crippen molar-refractivity contribution >= 4 is 17.6 Å². The first-order valence-corrected chi connectivity index (χ1v) is 8.19. The molecule has 0 aliphatic carbocycles. The summed E-state index contributed by atoms with van der Waals surface area (Å²) in [6, 6.07) is 5.84. The quantitative estimate of drug-likeness (QED) is 0.523. The van der Waals surface area contributed by atoms with Crippen LogP contribution in [0, 0.1) is 0 Å². The number of rotatable bonds is 4. The fourth-order valence-electron chi connectivity index (χ4n) is 2.30. The summed E-state index contributed by atoms with van der Waals surface area (Å²) < 4.78 is 82.5. The first-order chi connectivity index (χ1) is 13.3. The second kappa shape index (κ2) is 8.14. The Morgan fingerprint density at radius 3 is 1.90 bits per heavy atom. The summed E-state index contributed by atoms with van der Waals surface area (Å²) in [5.74, 6) is -1.90. The van der Waals surface area contributed by atoms with Gasteiger partial charge in [0.25, 0.3) is 5.91 Å². The number of alkyl halides is 6. The van der Waals surface area contributed by atoms with Gasteiger partial charge in [-0.3, -0.25) is 4.79 Å². The largest absolute Gasteiger partial charge is 0.459 e. The third-order valence-corrected chi connectivity index (χ3v) is 3.55. The second-order valence-corrected chi connectivity index (χ2v) is 6.28. The Kier molecular flexibility index (Phi) is 6.24. The molecule has 0 unspecified atom stereocenters. The predicted molar refractivity (Wildman–Crippen MR) is 91.4 cm³/mol. The van der Waals surface area contributed by atoms with E-state index in [9.17, 15) is 35.9 Å². The van der Waals surface area contributed by atoms with Crippen molar-refractivity contribution < 1.29 is 40.7 Å². The van der Waals surface area contributed by atoms with Crippen LogP contribution in [0.3, 0.4) is 0 Å². The molecule has 1 N–H and O–H groups in total. The Labute approximate surface area is 161 Å². The summed E-state index contributed by atoms with van der Waals surface area (Å²) in [6.07, 6.45) is -10.6. The van der Waals surface area contributed by atoms with Crippen LogP contribution in [-0.4, -0.2) is 18.0 Å². The third kappa shape index (κ3) is 5.97. The van der Waals surface area contributed by atoms with Crippen LogP contribution in [0.15, 0.2) is 42.5 Å². The van der Waals surface area contributed by atoms with Crippen LogP contribution < -0.4 is 5.32 Å². The Morgan fingerprint density at radius 1 is 0.862 bits per heavy atom. The molecule has 0 aromatic heterocycles. The van der Waals surface area contributed by atoms with Crippen LogP contribution in [0.1, 0.15) is 45.7 Å². The summed E-state index contributed by atoms with van der Waals surface area (Å²) >= 11 is 0. The maximum atomic E-state index is 12.9. The van der Waals surface area contributed by atoms with Crippen LogP contribution in [0.2, 0.25) is 0 Å². The van der Waals surface area contributed by atoms with Crippen LogP contribution >= 0.6 is 0 Å². The van der Waals surface area contributed by atoms with Crippen molar-refractivity contribution in [3.8, 4) is 0 Å². The number of hydrogen-bond donors (Lipinski definition) is 1. The molecule has 10 heteroatoms. The monoisotopic (exact) mass is 419 g/mol. The van der Waals surface area contributed by atoms with Crippen molar-refractivity contribution in [1.29, 1.82) is 0 Å². The lowest BCUT2D eigenvalue weighted by molar-refractivity contribution is -0.143. The number of hydrogen-bond acceptors (Lipinski definition) is 3. The Balaban J connectivity index is 2.35. The highest BCUT2D eigenvalue weighted by Crippen LogP contribution is 2.36. The second-order valence-electron chi connectivity index (χ2n) is 6.28. The molecule has 156 valence electrons. The van der Waals surface area contributed by atoms with Gasteiger partial charge in [-0.1, -0.05) is 6.07 Å². The molecule has 1 amide bonds. The standard InChI is InChI=1S/C19H15F6NO3/c1-10(2)29-17(28)11-4-3-5-15(8-11)26-16(27)12-6-13(18(20,21)22)9-14(7-12)19(23,24)25/h3-10H,1-2H3,(H,26,27). The Hall–Kier alpha value is -3.04. The number of anilines is 1. The van der Waals surface area contributed by atoms with Crippen molar-refractivity contribution in [3.05, 3.63) is 64.7 Å².